The van der Waals surface area contributed by atoms with Gasteiger partial charge < -0.3 is 5.73 Å². The molecule has 0 aliphatic rings. The van der Waals surface area contributed by atoms with Crippen LogP contribution in [0, 0.1) is 0 Å². The number of nitrogens with zero attached hydrogens (tertiary/aromatic N) is 2. The van der Waals surface area contributed by atoms with Crippen molar-refractivity contribution in [1.82, 2.24) is 9.78 Å². The fourth-order valence-electron chi connectivity index (χ4n) is 1.87. The first kappa shape index (κ1) is 12.6. The Bertz CT molecular complexity index is 545. The molecule has 6 heteroatoms. The summed E-state index contributed by atoms with van der Waals surface area (Å²) in [6.45, 7) is 0. The van der Waals surface area contributed by atoms with Crippen molar-refractivity contribution in [2.24, 2.45) is 12.8 Å². The molecule has 0 radical (unpaired) electrons. The predicted octanol–water partition coefficient (Wildman–Crippen LogP) is 2.49. The third-order valence-corrected chi connectivity index (χ3v) is 2.78. The molecule has 0 fully saturated rings. The largest absolute Gasteiger partial charge is 0.416 e. The van der Waals surface area contributed by atoms with Gasteiger partial charge in [0.25, 0.3) is 0 Å². The maximum Gasteiger partial charge on any atom is 0.416 e. The van der Waals surface area contributed by atoms with E-state index in [1.54, 1.807) is 19.2 Å². The second-order valence-electron chi connectivity index (χ2n) is 3.94. The lowest BCUT2D eigenvalue weighted by Gasteiger charge is -2.18. The van der Waals surface area contributed by atoms with E-state index in [1.807, 2.05) is 0 Å². The van der Waals surface area contributed by atoms with Gasteiger partial charge in [-0.1, -0.05) is 18.2 Å². The zero-order chi connectivity index (χ0) is 13.3. The van der Waals surface area contributed by atoms with Crippen LogP contribution in [-0.2, 0) is 13.2 Å². The number of aryl methyl sites for hydroxylation is 1. The second kappa shape index (κ2) is 4.45. The van der Waals surface area contributed by atoms with Crippen molar-refractivity contribution in [3.8, 4) is 0 Å². The van der Waals surface area contributed by atoms with Crippen molar-refractivity contribution in [3.05, 3.63) is 53.3 Å². The number of rotatable bonds is 2. The van der Waals surface area contributed by atoms with Gasteiger partial charge in [0.1, 0.15) is 0 Å². The lowest BCUT2D eigenvalue weighted by atomic mass is 9.98. The quantitative estimate of drug-likeness (QED) is 0.896. The molecule has 0 saturated carbocycles. The fraction of sp³-hybridized carbons (Fsp3) is 0.250. The van der Waals surface area contributed by atoms with E-state index in [1.165, 1.54) is 23.0 Å². The van der Waals surface area contributed by atoms with Gasteiger partial charge in [0.15, 0.2) is 0 Å². The van der Waals surface area contributed by atoms with E-state index in [4.69, 9.17) is 5.73 Å². The van der Waals surface area contributed by atoms with Gasteiger partial charge >= 0.3 is 6.18 Å². The highest BCUT2D eigenvalue weighted by atomic mass is 19.4. The zero-order valence-corrected chi connectivity index (χ0v) is 9.65. The van der Waals surface area contributed by atoms with Crippen molar-refractivity contribution in [2.75, 3.05) is 0 Å². The minimum absolute atomic E-state index is 0.0496. The molecule has 1 aromatic heterocycles. The maximum atomic E-state index is 12.9. The summed E-state index contributed by atoms with van der Waals surface area (Å²) < 4.78 is 40.1. The minimum atomic E-state index is -4.41. The summed E-state index contributed by atoms with van der Waals surface area (Å²) in [6.07, 6.45) is -2.90. The van der Waals surface area contributed by atoms with Crippen molar-refractivity contribution >= 4 is 0 Å². The lowest BCUT2D eigenvalue weighted by molar-refractivity contribution is -0.138. The summed E-state index contributed by atoms with van der Waals surface area (Å²) in [5.74, 6) is 0. The molecule has 1 atom stereocenters. The first-order chi connectivity index (χ1) is 8.41. The Kier molecular flexibility index (Phi) is 3.13. The summed E-state index contributed by atoms with van der Waals surface area (Å²) in [7, 11) is 1.64. The number of halogens is 3. The molecule has 2 N–H and O–H groups in total. The number of hydrogen-bond donors (Lipinski definition) is 1. The maximum absolute atomic E-state index is 12.9. The molecule has 0 aliphatic carbocycles. The molecule has 1 heterocycles. The van der Waals surface area contributed by atoms with Crippen LogP contribution in [0.1, 0.15) is 22.9 Å². The number of hydrogen-bond acceptors (Lipinski definition) is 2. The third kappa shape index (κ3) is 2.24. The van der Waals surface area contributed by atoms with Gasteiger partial charge in [-0.3, -0.25) is 4.68 Å². The average molecular weight is 255 g/mol. The fourth-order valence-corrected chi connectivity index (χ4v) is 1.87. The van der Waals surface area contributed by atoms with Crippen molar-refractivity contribution in [3.63, 3.8) is 0 Å². The number of alkyl halides is 3. The molecule has 0 saturated heterocycles. The monoisotopic (exact) mass is 255 g/mol. The molecule has 2 aromatic rings. The van der Waals surface area contributed by atoms with E-state index in [-0.39, 0.29) is 5.56 Å². The van der Waals surface area contributed by atoms with Crippen molar-refractivity contribution in [1.29, 1.82) is 0 Å². The first-order valence-electron chi connectivity index (χ1n) is 5.31. The molecule has 18 heavy (non-hydrogen) atoms. The Hall–Kier alpha value is -1.82. The van der Waals surface area contributed by atoms with Gasteiger partial charge in [-0.15, -0.1) is 0 Å². The molecule has 0 amide bonds. The molecular formula is C12H12F3N3. The van der Waals surface area contributed by atoms with E-state index in [2.05, 4.69) is 5.10 Å². The van der Waals surface area contributed by atoms with E-state index < -0.39 is 17.8 Å². The standard InChI is InChI=1S/C12H12F3N3/c1-18-10(6-7-17-18)11(16)8-4-2-3-5-9(8)12(13,14)15/h2-7,11H,16H2,1H3. The van der Waals surface area contributed by atoms with Crippen LogP contribution >= 0.6 is 0 Å². The van der Waals surface area contributed by atoms with E-state index in [0.29, 0.717) is 5.69 Å². The van der Waals surface area contributed by atoms with Crippen LogP contribution in [0.15, 0.2) is 36.5 Å². The molecule has 1 aromatic carbocycles. The Labute approximate surface area is 102 Å². The van der Waals surface area contributed by atoms with E-state index in [0.717, 1.165) is 6.07 Å². The minimum Gasteiger partial charge on any atom is -0.319 e. The Balaban J connectivity index is 2.49. The number of benzene rings is 1. The number of nitrogens with two attached hydrogens (primary N) is 1. The van der Waals surface area contributed by atoms with Gasteiger partial charge in [0.2, 0.25) is 0 Å². The van der Waals surface area contributed by atoms with Gasteiger partial charge in [0.05, 0.1) is 17.3 Å². The summed E-state index contributed by atoms with van der Waals surface area (Å²) in [4.78, 5) is 0. The highest BCUT2D eigenvalue weighted by molar-refractivity contribution is 5.36. The van der Waals surface area contributed by atoms with Crippen molar-refractivity contribution in [2.45, 2.75) is 12.2 Å². The summed E-state index contributed by atoms with van der Waals surface area (Å²) in [6, 6.07) is 6.07. The molecule has 0 bridgehead atoms. The van der Waals surface area contributed by atoms with Crippen LogP contribution in [0.25, 0.3) is 0 Å². The van der Waals surface area contributed by atoms with Crippen LogP contribution in [0.3, 0.4) is 0 Å². The summed E-state index contributed by atoms with van der Waals surface area (Å²) in [5, 5.41) is 3.91. The SMILES string of the molecule is Cn1nccc1C(N)c1ccccc1C(F)(F)F. The molecule has 2 rings (SSSR count). The van der Waals surface area contributed by atoms with Gasteiger partial charge in [-0.25, -0.2) is 0 Å². The van der Waals surface area contributed by atoms with E-state index >= 15 is 0 Å². The number of aromatic nitrogens is 2. The summed E-state index contributed by atoms with van der Waals surface area (Å²) >= 11 is 0. The Morgan fingerprint density at radius 1 is 1.22 bits per heavy atom. The highest BCUT2D eigenvalue weighted by Crippen LogP contribution is 2.35. The van der Waals surface area contributed by atoms with Crippen LogP contribution in [0.4, 0.5) is 13.2 Å². The average Bonchev–Trinajstić information content (AvgIpc) is 2.73. The van der Waals surface area contributed by atoms with Crippen LogP contribution in [0.2, 0.25) is 0 Å². The molecular weight excluding hydrogens is 243 g/mol. The topological polar surface area (TPSA) is 43.8 Å². The molecule has 3 nitrogen and oxygen atoms in total. The predicted molar refractivity (Wildman–Crippen MR) is 60.7 cm³/mol. The van der Waals surface area contributed by atoms with E-state index in [9.17, 15) is 13.2 Å². The smallest absolute Gasteiger partial charge is 0.319 e. The van der Waals surface area contributed by atoms with Gasteiger partial charge in [0, 0.05) is 13.2 Å². The highest BCUT2D eigenvalue weighted by Gasteiger charge is 2.34. The first-order valence-corrected chi connectivity index (χ1v) is 5.31. The van der Waals surface area contributed by atoms with Gasteiger partial charge in [-0.2, -0.15) is 18.3 Å². The molecule has 0 spiro atoms. The molecule has 96 valence electrons. The summed E-state index contributed by atoms with van der Waals surface area (Å²) in [5.41, 5.74) is 5.77. The Morgan fingerprint density at radius 2 is 1.89 bits per heavy atom. The van der Waals surface area contributed by atoms with Crippen LogP contribution in [-0.4, -0.2) is 9.78 Å². The molecule has 1 unspecified atom stereocenters. The molecule has 0 aliphatic heterocycles. The zero-order valence-electron chi connectivity index (χ0n) is 9.65. The van der Waals surface area contributed by atoms with Crippen LogP contribution < -0.4 is 5.73 Å². The normalized spacial score (nSPS) is 13.6. The van der Waals surface area contributed by atoms with Crippen molar-refractivity contribution < 1.29 is 13.2 Å². The second-order valence-corrected chi connectivity index (χ2v) is 3.94. The van der Waals surface area contributed by atoms with Crippen LogP contribution in [0.5, 0.6) is 0 Å². The Morgan fingerprint density at radius 3 is 2.44 bits per heavy atom. The van der Waals surface area contributed by atoms with Gasteiger partial charge in [-0.05, 0) is 17.7 Å². The third-order valence-electron chi connectivity index (χ3n) is 2.78. The lowest BCUT2D eigenvalue weighted by Crippen LogP contribution is -2.20.